The Balaban J connectivity index is 0.000000762. The monoisotopic (exact) mass is 504 g/mol. The number of nitrogens with zero attached hydrogens (tertiary/aromatic N) is 2. The van der Waals surface area contributed by atoms with E-state index in [1.54, 1.807) is 4.90 Å². The van der Waals surface area contributed by atoms with Gasteiger partial charge in [-0.25, -0.2) is 9.18 Å². The highest BCUT2D eigenvalue weighted by Crippen LogP contribution is 2.20. The Morgan fingerprint density at radius 1 is 0.800 bits per heavy atom. The minimum absolute atomic E-state index is 0.0299. The van der Waals surface area contributed by atoms with Crippen molar-refractivity contribution in [1.29, 1.82) is 0 Å². The maximum atomic E-state index is 13.4. The number of carboxylic acid groups (broad SMARTS) is 3. The van der Waals surface area contributed by atoms with E-state index in [-0.39, 0.29) is 37.5 Å². The molecule has 192 valence electrons. The van der Waals surface area contributed by atoms with E-state index < -0.39 is 29.9 Å². The Bertz CT molecular complexity index is 988. The zero-order valence-corrected chi connectivity index (χ0v) is 18.3. The molecule has 0 aromatic heterocycles. The van der Waals surface area contributed by atoms with Crippen molar-refractivity contribution >= 4 is 17.9 Å². The van der Waals surface area contributed by atoms with Crippen molar-refractivity contribution in [1.82, 2.24) is 9.80 Å². The van der Waals surface area contributed by atoms with Crippen LogP contribution in [0.2, 0.25) is 0 Å². The molecule has 0 aliphatic rings. The Kier molecular flexibility index (Phi) is 11.6. The van der Waals surface area contributed by atoms with Crippen molar-refractivity contribution in [2.75, 3.05) is 26.2 Å². The van der Waals surface area contributed by atoms with Crippen molar-refractivity contribution in [3.05, 3.63) is 65.5 Å². The summed E-state index contributed by atoms with van der Waals surface area (Å²) in [5, 5.41) is 35.3. The molecule has 2 aromatic rings. The van der Waals surface area contributed by atoms with E-state index in [0.717, 1.165) is 17.7 Å². The van der Waals surface area contributed by atoms with Crippen LogP contribution >= 0.6 is 0 Å². The fourth-order valence-electron chi connectivity index (χ4n) is 2.86. The fourth-order valence-corrected chi connectivity index (χ4v) is 2.86. The third-order valence-corrected chi connectivity index (χ3v) is 4.38. The predicted octanol–water partition coefficient (Wildman–Crippen LogP) is 2.64. The van der Waals surface area contributed by atoms with Gasteiger partial charge in [-0.3, -0.25) is 19.4 Å². The van der Waals surface area contributed by atoms with Gasteiger partial charge >= 0.3 is 24.1 Å². The van der Waals surface area contributed by atoms with Gasteiger partial charge in [-0.05, 0) is 23.8 Å². The minimum atomic E-state index is -5.08. The predicted molar refractivity (Wildman–Crippen MR) is 114 cm³/mol. The molecular formula is C22H24F4N2O7. The molecule has 0 saturated carbocycles. The molecule has 0 fully saturated rings. The number of carboxylic acids is 3. The topological polar surface area (TPSA) is 139 Å². The molecule has 0 aliphatic heterocycles. The number of benzene rings is 2. The number of alkyl halides is 3. The van der Waals surface area contributed by atoms with Gasteiger partial charge in [0.2, 0.25) is 0 Å². The summed E-state index contributed by atoms with van der Waals surface area (Å²) in [5.74, 6) is -5.46. The summed E-state index contributed by atoms with van der Waals surface area (Å²) >= 11 is 0. The smallest absolute Gasteiger partial charge is 0.490 e. The number of phenols is 1. The number of aliphatic carboxylic acids is 3. The van der Waals surface area contributed by atoms with Crippen LogP contribution in [0.1, 0.15) is 11.1 Å². The number of aromatic hydroxyl groups is 1. The Hall–Kier alpha value is -3.71. The standard InChI is InChI=1S/C20H23FN2O5.C2HF3O2/c21-17-6-7-18(24)16(10-17)12-23(14-20(27)28)9-8-22(13-19(25)26)11-15-4-2-1-3-5-15;3-2(4,5)1(6)7/h1-7,10,24H,8-9,11-14H2,(H,25,26)(H,27,28);(H,6,7). The third kappa shape index (κ3) is 12.4. The van der Waals surface area contributed by atoms with Gasteiger partial charge in [0, 0.05) is 31.7 Å². The SMILES string of the molecule is O=C(O)C(F)(F)F.O=C(O)CN(CCN(CC(=O)O)Cc1cc(F)ccc1O)Cc1ccccc1. The number of carbonyl (C=O) groups is 3. The number of hydrogen-bond acceptors (Lipinski definition) is 6. The molecule has 0 amide bonds. The van der Waals surface area contributed by atoms with Crippen LogP contribution in [-0.4, -0.2) is 80.5 Å². The molecule has 35 heavy (non-hydrogen) atoms. The zero-order valence-electron chi connectivity index (χ0n) is 18.3. The van der Waals surface area contributed by atoms with Crippen molar-refractivity contribution in [3.63, 3.8) is 0 Å². The van der Waals surface area contributed by atoms with Crippen LogP contribution in [0.5, 0.6) is 5.75 Å². The molecule has 0 atom stereocenters. The summed E-state index contributed by atoms with van der Waals surface area (Å²) in [6, 6.07) is 12.8. The number of phenolic OH excluding ortho intramolecular Hbond substituents is 1. The maximum absolute atomic E-state index is 13.4. The summed E-state index contributed by atoms with van der Waals surface area (Å²) in [6.07, 6.45) is -5.08. The molecule has 13 heteroatoms. The maximum Gasteiger partial charge on any atom is 0.490 e. The lowest BCUT2D eigenvalue weighted by Crippen LogP contribution is -2.39. The van der Waals surface area contributed by atoms with E-state index in [1.807, 2.05) is 30.3 Å². The quantitative estimate of drug-likeness (QED) is 0.340. The molecule has 9 nitrogen and oxygen atoms in total. The molecule has 4 N–H and O–H groups in total. The zero-order chi connectivity index (χ0) is 26.6. The largest absolute Gasteiger partial charge is 0.508 e. The first-order valence-corrected chi connectivity index (χ1v) is 9.97. The molecule has 0 saturated heterocycles. The second-order valence-electron chi connectivity index (χ2n) is 7.27. The van der Waals surface area contributed by atoms with Crippen LogP contribution in [0, 0.1) is 5.82 Å². The van der Waals surface area contributed by atoms with E-state index in [1.165, 1.54) is 11.0 Å². The minimum Gasteiger partial charge on any atom is -0.508 e. The van der Waals surface area contributed by atoms with Gasteiger partial charge < -0.3 is 20.4 Å². The molecule has 0 spiro atoms. The molecule has 0 bridgehead atoms. The second kappa shape index (κ2) is 13.9. The number of rotatable bonds is 11. The second-order valence-corrected chi connectivity index (χ2v) is 7.27. The highest BCUT2D eigenvalue weighted by atomic mass is 19.4. The summed E-state index contributed by atoms with van der Waals surface area (Å²) in [6.45, 7) is 0.456. The van der Waals surface area contributed by atoms with E-state index in [2.05, 4.69) is 0 Å². The average molecular weight is 504 g/mol. The fraction of sp³-hybridized carbons (Fsp3) is 0.318. The number of hydrogen-bond donors (Lipinski definition) is 4. The Morgan fingerprint density at radius 3 is 1.74 bits per heavy atom. The van der Waals surface area contributed by atoms with Crippen LogP contribution in [0.15, 0.2) is 48.5 Å². The van der Waals surface area contributed by atoms with Gasteiger partial charge in [-0.2, -0.15) is 13.2 Å². The molecule has 0 radical (unpaired) electrons. The highest BCUT2D eigenvalue weighted by Gasteiger charge is 2.38. The van der Waals surface area contributed by atoms with E-state index in [9.17, 15) is 32.3 Å². The van der Waals surface area contributed by atoms with Crippen LogP contribution in [0.25, 0.3) is 0 Å². The van der Waals surface area contributed by atoms with Crippen LogP contribution in [0.3, 0.4) is 0 Å². The summed E-state index contributed by atoms with van der Waals surface area (Å²) in [5.41, 5.74) is 1.21. The van der Waals surface area contributed by atoms with Crippen molar-refractivity contribution in [2.45, 2.75) is 19.3 Å². The van der Waals surface area contributed by atoms with Crippen molar-refractivity contribution in [3.8, 4) is 5.75 Å². The first-order chi connectivity index (χ1) is 16.3. The van der Waals surface area contributed by atoms with Crippen molar-refractivity contribution in [2.24, 2.45) is 0 Å². The van der Waals surface area contributed by atoms with Crippen LogP contribution < -0.4 is 0 Å². The van der Waals surface area contributed by atoms with Gasteiger partial charge in [0.1, 0.15) is 11.6 Å². The van der Waals surface area contributed by atoms with Crippen molar-refractivity contribution < 1.29 is 52.4 Å². The van der Waals surface area contributed by atoms with Crippen LogP contribution in [0.4, 0.5) is 17.6 Å². The van der Waals surface area contributed by atoms with E-state index in [4.69, 9.17) is 20.1 Å². The van der Waals surface area contributed by atoms with Gasteiger partial charge in [0.25, 0.3) is 0 Å². The number of halogens is 4. The van der Waals surface area contributed by atoms with E-state index >= 15 is 0 Å². The molecule has 0 unspecified atom stereocenters. The van der Waals surface area contributed by atoms with Gasteiger partial charge in [0.15, 0.2) is 0 Å². The summed E-state index contributed by atoms with van der Waals surface area (Å²) in [4.78, 5) is 34.5. The highest BCUT2D eigenvalue weighted by molar-refractivity contribution is 5.73. The lowest BCUT2D eigenvalue weighted by Gasteiger charge is -2.26. The lowest BCUT2D eigenvalue weighted by molar-refractivity contribution is -0.192. The molecule has 2 aromatic carbocycles. The lowest BCUT2D eigenvalue weighted by atomic mass is 10.1. The third-order valence-electron chi connectivity index (χ3n) is 4.38. The Labute approximate surface area is 197 Å². The molecular weight excluding hydrogens is 480 g/mol. The first-order valence-electron chi connectivity index (χ1n) is 9.97. The van der Waals surface area contributed by atoms with E-state index in [0.29, 0.717) is 13.1 Å². The van der Waals surface area contributed by atoms with Gasteiger partial charge in [-0.1, -0.05) is 30.3 Å². The molecule has 0 aliphatic carbocycles. The summed E-state index contributed by atoms with van der Waals surface area (Å²) in [7, 11) is 0. The van der Waals surface area contributed by atoms with Gasteiger partial charge in [-0.15, -0.1) is 0 Å². The average Bonchev–Trinajstić information content (AvgIpc) is 2.74. The molecule has 2 rings (SSSR count). The van der Waals surface area contributed by atoms with Gasteiger partial charge in [0.05, 0.1) is 13.1 Å². The summed E-state index contributed by atoms with van der Waals surface area (Å²) < 4.78 is 45.2. The molecule has 0 heterocycles. The van der Waals surface area contributed by atoms with Crippen LogP contribution in [-0.2, 0) is 27.5 Å². The first kappa shape index (κ1) is 29.3. The Morgan fingerprint density at radius 2 is 1.29 bits per heavy atom. The normalized spacial score (nSPS) is 11.1.